The summed E-state index contributed by atoms with van der Waals surface area (Å²) in [6.45, 7) is 1.99. The number of para-hydroxylation sites is 1. The number of benzene rings is 2. The predicted octanol–water partition coefficient (Wildman–Crippen LogP) is 3.75. The molecule has 0 unspecified atom stereocenters. The molecule has 2 aromatic carbocycles. The fourth-order valence-electron chi connectivity index (χ4n) is 3.58. The third kappa shape index (κ3) is 4.11. The quantitative estimate of drug-likeness (QED) is 0.876. The average molecular weight is 382 g/mol. The highest BCUT2D eigenvalue weighted by molar-refractivity contribution is 7.99. The summed E-state index contributed by atoms with van der Waals surface area (Å²) in [5.41, 5.74) is 2.79. The summed E-state index contributed by atoms with van der Waals surface area (Å²) in [4.78, 5) is 29.6. The molecule has 0 saturated carbocycles. The number of nitrogens with zero attached hydrogens (tertiary/aromatic N) is 2. The third-order valence-electron chi connectivity index (χ3n) is 4.91. The van der Waals surface area contributed by atoms with Crippen LogP contribution in [0.4, 0.5) is 17.1 Å². The Balaban J connectivity index is 1.40. The lowest BCUT2D eigenvalue weighted by atomic mass is 10.2. The Morgan fingerprint density at radius 1 is 1.04 bits per heavy atom. The van der Waals surface area contributed by atoms with Gasteiger partial charge in [0.1, 0.15) is 0 Å². The molecular weight excluding hydrogens is 358 g/mol. The molecule has 27 heavy (non-hydrogen) atoms. The Kier molecular flexibility index (Phi) is 5.34. The van der Waals surface area contributed by atoms with E-state index in [9.17, 15) is 9.59 Å². The Hall–Kier alpha value is -2.47. The molecule has 2 aliphatic rings. The highest BCUT2D eigenvalue weighted by atomic mass is 32.2. The second-order valence-corrected chi connectivity index (χ2v) is 7.97. The van der Waals surface area contributed by atoms with E-state index in [4.69, 9.17) is 0 Å². The number of hydrogen-bond acceptors (Lipinski definition) is 4. The van der Waals surface area contributed by atoms with E-state index < -0.39 is 0 Å². The molecule has 1 fully saturated rings. The van der Waals surface area contributed by atoms with Crippen molar-refractivity contribution in [2.45, 2.75) is 24.2 Å². The minimum absolute atomic E-state index is 0.0262. The number of thioether (sulfide) groups is 1. The van der Waals surface area contributed by atoms with Gasteiger partial charge in [-0.25, -0.2) is 0 Å². The van der Waals surface area contributed by atoms with Crippen molar-refractivity contribution in [1.29, 1.82) is 0 Å². The van der Waals surface area contributed by atoms with Gasteiger partial charge in [-0.3, -0.25) is 9.59 Å². The maximum atomic E-state index is 12.6. The van der Waals surface area contributed by atoms with Crippen LogP contribution in [0.1, 0.15) is 19.3 Å². The van der Waals surface area contributed by atoms with Gasteiger partial charge in [0.15, 0.2) is 0 Å². The minimum Gasteiger partial charge on any atom is -0.361 e. The highest BCUT2D eigenvalue weighted by Crippen LogP contribution is 2.33. The molecule has 2 aliphatic heterocycles. The summed E-state index contributed by atoms with van der Waals surface area (Å²) in [5, 5.41) is 2.98. The number of fused-ring (bicyclic) bond motifs is 1. The zero-order valence-corrected chi connectivity index (χ0v) is 16.0. The van der Waals surface area contributed by atoms with Crippen molar-refractivity contribution in [3.63, 3.8) is 0 Å². The van der Waals surface area contributed by atoms with Crippen molar-refractivity contribution < 1.29 is 9.59 Å². The van der Waals surface area contributed by atoms with Crippen LogP contribution < -0.4 is 15.1 Å². The number of amides is 2. The lowest BCUT2D eigenvalue weighted by Gasteiger charge is -2.24. The molecule has 0 aliphatic carbocycles. The van der Waals surface area contributed by atoms with Crippen LogP contribution in [0.2, 0.25) is 0 Å². The second-order valence-electron chi connectivity index (χ2n) is 6.84. The fraction of sp³-hybridized carbons (Fsp3) is 0.333. The Bertz CT molecular complexity index is 838. The first kappa shape index (κ1) is 17.9. The number of anilines is 3. The average Bonchev–Trinajstić information content (AvgIpc) is 3.00. The monoisotopic (exact) mass is 381 g/mol. The van der Waals surface area contributed by atoms with Crippen LogP contribution in [0.25, 0.3) is 0 Å². The molecule has 0 radical (unpaired) electrons. The molecule has 0 aromatic heterocycles. The maximum absolute atomic E-state index is 12.6. The summed E-state index contributed by atoms with van der Waals surface area (Å²) in [5.74, 6) is 1.22. The maximum Gasteiger partial charge on any atom is 0.243 e. The van der Waals surface area contributed by atoms with Crippen LogP contribution >= 0.6 is 11.8 Å². The smallest absolute Gasteiger partial charge is 0.243 e. The van der Waals surface area contributed by atoms with E-state index in [1.54, 1.807) is 4.90 Å². The summed E-state index contributed by atoms with van der Waals surface area (Å²) >= 11 is 1.85. The Morgan fingerprint density at radius 3 is 2.63 bits per heavy atom. The lowest BCUT2D eigenvalue weighted by Crippen LogP contribution is -2.34. The summed E-state index contributed by atoms with van der Waals surface area (Å²) in [6, 6.07) is 15.8. The SMILES string of the molecule is O=C(CN1CCCSc2ccccc21)Nc1ccc(N2CCCC2=O)cc1. The molecule has 1 saturated heterocycles. The van der Waals surface area contributed by atoms with Gasteiger partial charge in [-0.05, 0) is 55.0 Å². The van der Waals surface area contributed by atoms with E-state index in [0.29, 0.717) is 13.0 Å². The van der Waals surface area contributed by atoms with Crippen LogP contribution in [0.5, 0.6) is 0 Å². The molecule has 2 amide bonds. The molecule has 2 aromatic rings. The topological polar surface area (TPSA) is 52.7 Å². The molecule has 1 N–H and O–H groups in total. The zero-order valence-electron chi connectivity index (χ0n) is 15.2. The van der Waals surface area contributed by atoms with Crippen LogP contribution in [0.15, 0.2) is 53.4 Å². The van der Waals surface area contributed by atoms with Gasteiger partial charge in [-0.2, -0.15) is 0 Å². The molecule has 2 heterocycles. The van der Waals surface area contributed by atoms with Crippen molar-refractivity contribution in [2.24, 2.45) is 0 Å². The number of nitrogens with one attached hydrogen (secondary N) is 1. The van der Waals surface area contributed by atoms with E-state index in [0.717, 1.165) is 48.7 Å². The molecule has 5 nitrogen and oxygen atoms in total. The molecule has 0 bridgehead atoms. The highest BCUT2D eigenvalue weighted by Gasteiger charge is 2.22. The fourth-order valence-corrected chi connectivity index (χ4v) is 4.60. The number of rotatable bonds is 4. The Morgan fingerprint density at radius 2 is 1.85 bits per heavy atom. The molecule has 0 atom stereocenters. The van der Waals surface area contributed by atoms with Crippen molar-refractivity contribution in [3.8, 4) is 0 Å². The second kappa shape index (κ2) is 8.05. The summed E-state index contributed by atoms with van der Waals surface area (Å²) < 4.78 is 0. The van der Waals surface area contributed by atoms with Crippen molar-refractivity contribution in [3.05, 3.63) is 48.5 Å². The first-order valence-corrected chi connectivity index (χ1v) is 10.4. The van der Waals surface area contributed by atoms with E-state index in [1.165, 1.54) is 4.90 Å². The van der Waals surface area contributed by atoms with E-state index in [2.05, 4.69) is 22.3 Å². The first-order chi connectivity index (χ1) is 13.2. The van der Waals surface area contributed by atoms with E-state index >= 15 is 0 Å². The van der Waals surface area contributed by atoms with Gasteiger partial charge in [-0.1, -0.05) is 12.1 Å². The van der Waals surface area contributed by atoms with Gasteiger partial charge < -0.3 is 15.1 Å². The number of hydrogen-bond donors (Lipinski definition) is 1. The van der Waals surface area contributed by atoms with Crippen molar-refractivity contribution in [1.82, 2.24) is 0 Å². The standard InChI is InChI=1S/C21H23N3O2S/c25-20(15-23-12-4-14-27-19-6-2-1-5-18(19)23)22-16-8-10-17(11-9-16)24-13-3-7-21(24)26/h1-2,5-6,8-11H,3-4,7,12-15H2,(H,22,25). The normalized spacial score (nSPS) is 16.8. The van der Waals surface area contributed by atoms with Gasteiger partial charge in [0, 0.05) is 35.8 Å². The molecule has 0 spiro atoms. The third-order valence-corrected chi connectivity index (χ3v) is 6.06. The van der Waals surface area contributed by atoms with Crippen LogP contribution in [0.3, 0.4) is 0 Å². The molecule has 6 heteroatoms. The van der Waals surface area contributed by atoms with Crippen molar-refractivity contribution in [2.75, 3.05) is 40.5 Å². The van der Waals surface area contributed by atoms with Crippen LogP contribution in [-0.4, -0.2) is 37.2 Å². The number of carbonyl (C=O) groups is 2. The van der Waals surface area contributed by atoms with Gasteiger partial charge in [0.2, 0.25) is 11.8 Å². The summed E-state index contributed by atoms with van der Waals surface area (Å²) in [7, 11) is 0. The largest absolute Gasteiger partial charge is 0.361 e. The van der Waals surface area contributed by atoms with Gasteiger partial charge in [0.25, 0.3) is 0 Å². The zero-order chi connectivity index (χ0) is 18.6. The molecular formula is C21H23N3O2S. The van der Waals surface area contributed by atoms with Gasteiger partial charge >= 0.3 is 0 Å². The van der Waals surface area contributed by atoms with Gasteiger partial charge in [0.05, 0.1) is 12.2 Å². The minimum atomic E-state index is -0.0262. The van der Waals surface area contributed by atoms with E-state index in [-0.39, 0.29) is 11.8 Å². The molecule has 140 valence electrons. The van der Waals surface area contributed by atoms with Crippen LogP contribution in [-0.2, 0) is 9.59 Å². The Labute approximate surface area is 163 Å². The van der Waals surface area contributed by atoms with Gasteiger partial charge in [-0.15, -0.1) is 11.8 Å². The van der Waals surface area contributed by atoms with Crippen LogP contribution in [0, 0.1) is 0 Å². The lowest BCUT2D eigenvalue weighted by molar-refractivity contribution is -0.117. The first-order valence-electron chi connectivity index (χ1n) is 9.38. The van der Waals surface area contributed by atoms with Crippen molar-refractivity contribution >= 4 is 40.6 Å². The predicted molar refractivity (Wildman–Crippen MR) is 111 cm³/mol. The van der Waals surface area contributed by atoms with E-state index in [1.807, 2.05) is 48.2 Å². The number of carbonyl (C=O) groups excluding carboxylic acids is 2. The molecule has 4 rings (SSSR count). The summed E-state index contributed by atoms with van der Waals surface area (Å²) in [6.07, 6.45) is 2.59.